The van der Waals surface area contributed by atoms with Crippen LogP contribution >= 0.6 is 11.5 Å². The third-order valence-electron chi connectivity index (χ3n) is 1.38. The van der Waals surface area contributed by atoms with Crippen molar-refractivity contribution in [2.75, 3.05) is 0 Å². The molecule has 1 saturated heterocycles. The van der Waals surface area contributed by atoms with Gasteiger partial charge in [-0.05, 0) is 25.4 Å². The summed E-state index contributed by atoms with van der Waals surface area (Å²) in [5.74, 6) is 0.775. The Morgan fingerprint density at radius 3 is 2.64 bits per heavy atom. The number of aryl methyl sites for hydroxylation is 1. The molecule has 1 aliphatic heterocycles. The summed E-state index contributed by atoms with van der Waals surface area (Å²) in [5.41, 5.74) is 0. The molecule has 0 bridgehead atoms. The second-order valence-electron chi connectivity index (χ2n) is 2.35. The number of hydrogen-bond acceptors (Lipinski definition) is 5. The Morgan fingerprint density at radius 2 is 2.18 bits per heavy atom. The number of ether oxygens (including phenoxy) is 2. The Labute approximate surface area is 68.3 Å². The fourth-order valence-electron chi connectivity index (χ4n) is 0.884. The van der Waals surface area contributed by atoms with E-state index >= 15 is 0 Å². The molecule has 1 aromatic rings. The van der Waals surface area contributed by atoms with Crippen molar-refractivity contribution in [1.29, 1.82) is 0 Å². The van der Waals surface area contributed by atoms with E-state index in [-0.39, 0.29) is 12.6 Å². The summed E-state index contributed by atoms with van der Waals surface area (Å²) in [4.78, 5) is 4.12. The van der Waals surface area contributed by atoms with Crippen LogP contribution in [0.3, 0.4) is 0 Å². The Balaban J connectivity index is 2.07. The molecule has 1 fully saturated rings. The first-order valence-corrected chi connectivity index (χ1v) is 4.14. The lowest BCUT2D eigenvalue weighted by Gasteiger charge is -2.31. The van der Waals surface area contributed by atoms with Gasteiger partial charge in [-0.15, -0.1) is 0 Å². The van der Waals surface area contributed by atoms with Gasteiger partial charge >= 0.3 is 0 Å². The van der Waals surface area contributed by atoms with Gasteiger partial charge in [0.05, 0.1) is 0 Å². The summed E-state index contributed by atoms with van der Waals surface area (Å²) in [6.07, 6.45) is -0.361. The SMILES string of the molecule is Cc1nsc(C2OC(C)O2)n1. The molecule has 0 unspecified atom stereocenters. The maximum absolute atomic E-state index is 5.22. The lowest BCUT2D eigenvalue weighted by atomic mass is 10.5. The third-order valence-corrected chi connectivity index (χ3v) is 2.20. The summed E-state index contributed by atoms with van der Waals surface area (Å²) in [7, 11) is 0. The van der Waals surface area contributed by atoms with Crippen molar-refractivity contribution >= 4 is 11.5 Å². The smallest absolute Gasteiger partial charge is 0.217 e. The van der Waals surface area contributed by atoms with Gasteiger partial charge in [-0.25, -0.2) is 4.98 Å². The molecule has 0 radical (unpaired) electrons. The number of aromatic nitrogens is 2. The molecule has 0 spiro atoms. The van der Waals surface area contributed by atoms with Gasteiger partial charge in [-0.3, -0.25) is 0 Å². The van der Waals surface area contributed by atoms with Crippen LogP contribution in [0, 0.1) is 6.92 Å². The Hall–Kier alpha value is -0.520. The highest BCUT2D eigenvalue weighted by molar-refractivity contribution is 7.05. The van der Waals surface area contributed by atoms with E-state index in [2.05, 4.69) is 9.36 Å². The van der Waals surface area contributed by atoms with Crippen LogP contribution in [-0.4, -0.2) is 15.6 Å². The molecule has 4 nitrogen and oxygen atoms in total. The standard InChI is InChI=1S/C6H8N2O2S/c1-3-7-5(11-8-3)6-9-4(2)10-6/h4,6H,1-2H3. The molecule has 0 atom stereocenters. The summed E-state index contributed by atoms with van der Waals surface area (Å²) in [6, 6.07) is 0. The average Bonchev–Trinajstić information content (AvgIpc) is 2.29. The van der Waals surface area contributed by atoms with E-state index in [1.807, 2.05) is 13.8 Å². The Kier molecular flexibility index (Phi) is 1.63. The van der Waals surface area contributed by atoms with Crippen LogP contribution in [0.5, 0.6) is 0 Å². The summed E-state index contributed by atoms with van der Waals surface area (Å²) in [6.45, 7) is 3.70. The van der Waals surface area contributed by atoms with Crippen molar-refractivity contribution in [3.05, 3.63) is 10.8 Å². The van der Waals surface area contributed by atoms with E-state index in [4.69, 9.17) is 9.47 Å². The van der Waals surface area contributed by atoms with Gasteiger partial charge in [0.2, 0.25) is 6.29 Å². The van der Waals surface area contributed by atoms with Gasteiger partial charge in [0, 0.05) is 0 Å². The molecule has 0 amide bonds. The predicted octanol–water partition coefficient (Wildman–Crippen LogP) is 1.24. The Bertz CT molecular complexity index is 257. The molecular formula is C6H8N2O2S. The zero-order chi connectivity index (χ0) is 7.84. The largest absolute Gasteiger partial charge is 0.317 e. The minimum absolute atomic E-state index is 0.0933. The van der Waals surface area contributed by atoms with Crippen LogP contribution in [0.4, 0.5) is 0 Å². The van der Waals surface area contributed by atoms with Crippen molar-refractivity contribution in [1.82, 2.24) is 9.36 Å². The minimum atomic E-state index is -0.267. The van der Waals surface area contributed by atoms with Crippen molar-refractivity contribution in [2.45, 2.75) is 26.4 Å². The molecule has 60 valence electrons. The van der Waals surface area contributed by atoms with Crippen molar-refractivity contribution < 1.29 is 9.47 Å². The normalized spacial score (nSPS) is 30.0. The molecule has 2 rings (SSSR count). The summed E-state index contributed by atoms with van der Waals surface area (Å²) < 4.78 is 14.5. The topological polar surface area (TPSA) is 44.2 Å². The van der Waals surface area contributed by atoms with Crippen LogP contribution in [-0.2, 0) is 9.47 Å². The van der Waals surface area contributed by atoms with Crippen LogP contribution in [0.15, 0.2) is 0 Å². The number of hydrogen-bond donors (Lipinski definition) is 0. The summed E-state index contributed by atoms with van der Waals surface area (Å²) >= 11 is 1.32. The molecule has 0 N–H and O–H groups in total. The van der Waals surface area contributed by atoms with Crippen LogP contribution in [0.25, 0.3) is 0 Å². The lowest BCUT2D eigenvalue weighted by Crippen LogP contribution is -2.31. The maximum Gasteiger partial charge on any atom is 0.217 e. The van der Waals surface area contributed by atoms with E-state index in [0.717, 1.165) is 10.8 Å². The van der Waals surface area contributed by atoms with E-state index in [1.165, 1.54) is 11.5 Å². The van der Waals surface area contributed by atoms with E-state index < -0.39 is 0 Å². The first-order valence-electron chi connectivity index (χ1n) is 3.37. The predicted molar refractivity (Wildman–Crippen MR) is 39.0 cm³/mol. The summed E-state index contributed by atoms with van der Waals surface area (Å²) in [5, 5.41) is 0.806. The zero-order valence-corrected chi connectivity index (χ0v) is 7.09. The van der Waals surface area contributed by atoms with E-state index in [1.54, 1.807) is 0 Å². The molecule has 1 aromatic heterocycles. The molecule has 0 aromatic carbocycles. The quantitative estimate of drug-likeness (QED) is 0.639. The van der Waals surface area contributed by atoms with E-state index in [0.29, 0.717) is 0 Å². The van der Waals surface area contributed by atoms with Crippen LogP contribution < -0.4 is 0 Å². The van der Waals surface area contributed by atoms with Crippen molar-refractivity contribution in [3.8, 4) is 0 Å². The van der Waals surface area contributed by atoms with Crippen LogP contribution in [0.1, 0.15) is 24.0 Å². The highest BCUT2D eigenvalue weighted by Gasteiger charge is 2.31. The van der Waals surface area contributed by atoms with Gasteiger partial charge < -0.3 is 9.47 Å². The van der Waals surface area contributed by atoms with Gasteiger partial charge in [0.25, 0.3) is 0 Å². The monoisotopic (exact) mass is 172 g/mol. The van der Waals surface area contributed by atoms with E-state index in [9.17, 15) is 0 Å². The molecule has 0 aliphatic carbocycles. The fourth-order valence-corrected chi connectivity index (χ4v) is 1.52. The first-order chi connectivity index (χ1) is 5.25. The Morgan fingerprint density at radius 1 is 1.45 bits per heavy atom. The fraction of sp³-hybridized carbons (Fsp3) is 0.667. The molecule has 1 aliphatic rings. The second kappa shape index (κ2) is 2.51. The highest BCUT2D eigenvalue weighted by atomic mass is 32.1. The van der Waals surface area contributed by atoms with Gasteiger partial charge in [-0.1, -0.05) is 0 Å². The molecule has 2 heterocycles. The highest BCUT2D eigenvalue weighted by Crippen LogP contribution is 2.31. The molecule has 0 saturated carbocycles. The number of nitrogens with zero attached hydrogens (tertiary/aromatic N) is 2. The zero-order valence-electron chi connectivity index (χ0n) is 6.27. The molecular weight excluding hydrogens is 164 g/mol. The van der Waals surface area contributed by atoms with Crippen LogP contribution in [0.2, 0.25) is 0 Å². The average molecular weight is 172 g/mol. The van der Waals surface area contributed by atoms with Crippen molar-refractivity contribution in [2.24, 2.45) is 0 Å². The minimum Gasteiger partial charge on any atom is -0.317 e. The number of rotatable bonds is 1. The van der Waals surface area contributed by atoms with Gasteiger partial charge in [0.1, 0.15) is 5.82 Å². The molecule has 11 heavy (non-hydrogen) atoms. The maximum atomic E-state index is 5.22. The molecule has 5 heteroatoms. The lowest BCUT2D eigenvalue weighted by molar-refractivity contribution is -0.382. The third kappa shape index (κ3) is 1.26. The first kappa shape index (κ1) is 7.15. The van der Waals surface area contributed by atoms with Crippen molar-refractivity contribution in [3.63, 3.8) is 0 Å². The van der Waals surface area contributed by atoms with Gasteiger partial charge in [0.15, 0.2) is 11.3 Å². The second-order valence-corrected chi connectivity index (χ2v) is 3.13. The van der Waals surface area contributed by atoms with Gasteiger partial charge in [-0.2, -0.15) is 4.37 Å².